The summed E-state index contributed by atoms with van der Waals surface area (Å²) in [4.78, 5) is 17.6. The molecule has 0 atom stereocenters. The van der Waals surface area contributed by atoms with Crippen molar-refractivity contribution in [1.82, 2.24) is 4.57 Å². The molecule has 0 spiro atoms. The molecular formula is C20H19ClN2O3S2. The molecule has 0 saturated carbocycles. The lowest BCUT2D eigenvalue weighted by Crippen LogP contribution is -2.16. The van der Waals surface area contributed by atoms with Crippen molar-refractivity contribution < 1.29 is 13.2 Å². The molecule has 0 fully saturated rings. The molecule has 2 aromatic carbocycles. The Bertz CT molecular complexity index is 1220. The molecule has 3 rings (SSSR count). The number of carbonyl (C=O) groups excluding carboxylic acids is 1. The van der Waals surface area contributed by atoms with E-state index >= 15 is 0 Å². The van der Waals surface area contributed by atoms with Crippen LogP contribution in [0, 0.1) is 0 Å². The largest absolute Gasteiger partial charge is 0.312 e. The molecule has 8 heteroatoms. The number of hydrogen-bond donors (Lipinski definition) is 0. The Hall–Kier alpha value is -2.22. The van der Waals surface area contributed by atoms with Crippen LogP contribution in [0.5, 0.6) is 0 Å². The van der Waals surface area contributed by atoms with Gasteiger partial charge < -0.3 is 4.57 Å². The molecule has 0 unspecified atom stereocenters. The second-order valence-corrected chi connectivity index (χ2v) is 10.4. The third-order valence-electron chi connectivity index (χ3n) is 4.20. The first-order valence-electron chi connectivity index (χ1n) is 8.57. The molecule has 0 N–H and O–H groups in total. The number of amides is 1. The van der Waals surface area contributed by atoms with Gasteiger partial charge in [-0.3, -0.25) is 4.79 Å². The number of nitrogens with zero attached hydrogens (tertiary/aromatic N) is 2. The molecule has 146 valence electrons. The SMILES string of the molecule is C=CCn1c(=NC(=O)c2ccc(S(=O)(=O)C(C)C)cc2)sc2cc(Cl)ccc21. The van der Waals surface area contributed by atoms with Crippen LogP contribution in [0.4, 0.5) is 0 Å². The van der Waals surface area contributed by atoms with Crippen molar-refractivity contribution in [3.8, 4) is 0 Å². The lowest BCUT2D eigenvalue weighted by atomic mass is 10.2. The predicted molar refractivity (Wildman–Crippen MR) is 114 cm³/mol. The highest BCUT2D eigenvalue weighted by Crippen LogP contribution is 2.22. The zero-order valence-electron chi connectivity index (χ0n) is 15.4. The molecule has 0 radical (unpaired) electrons. The minimum atomic E-state index is -3.38. The maximum Gasteiger partial charge on any atom is 0.279 e. The lowest BCUT2D eigenvalue weighted by molar-refractivity contribution is 0.0998. The first-order chi connectivity index (χ1) is 13.2. The molecule has 1 amide bonds. The highest BCUT2D eigenvalue weighted by molar-refractivity contribution is 7.92. The van der Waals surface area contributed by atoms with Gasteiger partial charge >= 0.3 is 0 Å². The number of carbonyl (C=O) groups is 1. The molecule has 28 heavy (non-hydrogen) atoms. The second kappa shape index (κ2) is 8.03. The molecule has 1 aromatic heterocycles. The Labute approximate surface area is 172 Å². The maximum atomic E-state index is 12.6. The molecule has 0 aliphatic heterocycles. The van der Waals surface area contributed by atoms with Crippen LogP contribution in [-0.2, 0) is 16.4 Å². The summed E-state index contributed by atoms with van der Waals surface area (Å²) in [6.45, 7) is 7.50. The van der Waals surface area contributed by atoms with E-state index in [2.05, 4.69) is 11.6 Å². The van der Waals surface area contributed by atoms with Crippen LogP contribution in [0.25, 0.3) is 10.2 Å². The fraction of sp³-hybridized carbons (Fsp3) is 0.200. The Morgan fingerprint density at radius 1 is 1.25 bits per heavy atom. The molecule has 0 saturated heterocycles. The number of allylic oxidation sites excluding steroid dienone is 1. The minimum absolute atomic E-state index is 0.192. The summed E-state index contributed by atoms with van der Waals surface area (Å²) in [6, 6.07) is 11.4. The highest BCUT2D eigenvalue weighted by Gasteiger charge is 2.19. The summed E-state index contributed by atoms with van der Waals surface area (Å²) in [6.07, 6.45) is 1.73. The van der Waals surface area contributed by atoms with Crippen molar-refractivity contribution in [1.29, 1.82) is 0 Å². The van der Waals surface area contributed by atoms with E-state index in [1.807, 2.05) is 16.7 Å². The van der Waals surface area contributed by atoms with Gasteiger partial charge in [0.2, 0.25) is 0 Å². The summed E-state index contributed by atoms with van der Waals surface area (Å²) >= 11 is 7.42. The number of benzene rings is 2. The van der Waals surface area contributed by atoms with Gasteiger partial charge in [0, 0.05) is 17.1 Å². The van der Waals surface area contributed by atoms with Gasteiger partial charge in [-0.05, 0) is 56.3 Å². The van der Waals surface area contributed by atoms with E-state index in [-0.39, 0.29) is 4.90 Å². The van der Waals surface area contributed by atoms with Crippen LogP contribution >= 0.6 is 22.9 Å². The van der Waals surface area contributed by atoms with Gasteiger partial charge in [-0.2, -0.15) is 4.99 Å². The van der Waals surface area contributed by atoms with Gasteiger partial charge in [0.1, 0.15) is 0 Å². The first kappa shape index (κ1) is 20.5. The van der Waals surface area contributed by atoms with Crippen LogP contribution < -0.4 is 4.80 Å². The van der Waals surface area contributed by atoms with E-state index in [0.717, 1.165) is 10.2 Å². The summed E-state index contributed by atoms with van der Waals surface area (Å²) in [7, 11) is -3.38. The van der Waals surface area contributed by atoms with Gasteiger partial charge in [0.25, 0.3) is 5.91 Å². The van der Waals surface area contributed by atoms with Crippen LogP contribution in [0.2, 0.25) is 5.02 Å². The Balaban J connectivity index is 2.03. The third kappa shape index (κ3) is 3.97. The molecule has 0 aliphatic rings. The maximum absolute atomic E-state index is 12.6. The van der Waals surface area contributed by atoms with E-state index in [1.54, 1.807) is 26.0 Å². The van der Waals surface area contributed by atoms with Crippen molar-refractivity contribution in [2.24, 2.45) is 4.99 Å². The summed E-state index contributed by atoms with van der Waals surface area (Å²) in [5, 5.41) is 0.0845. The molecule has 3 aromatic rings. The zero-order chi connectivity index (χ0) is 20.5. The minimum Gasteiger partial charge on any atom is -0.312 e. The number of aromatic nitrogens is 1. The molecule has 1 heterocycles. The fourth-order valence-electron chi connectivity index (χ4n) is 2.65. The van der Waals surface area contributed by atoms with E-state index < -0.39 is 21.0 Å². The van der Waals surface area contributed by atoms with Crippen molar-refractivity contribution in [2.75, 3.05) is 0 Å². The van der Waals surface area contributed by atoms with Crippen molar-refractivity contribution in [2.45, 2.75) is 30.5 Å². The van der Waals surface area contributed by atoms with Crippen molar-refractivity contribution in [3.05, 3.63) is 70.5 Å². The highest BCUT2D eigenvalue weighted by atomic mass is 35.5. The number of sulfone groups is 1. The second-order valence-electron chi connectivity index (χ2n) is 6.43. The van der Waals surface area contributed by atoms with Gasteiger partial charge in [0.15, 0.2) is 14.6 Å². The predicted octanol–water partition coefficient (Wildman–Crippen LogP) is 4.47. The van der Waals surface area contributed by atoms with Crippen LogP contribution in [0.15, 0.2) is 65.0 Å². The van der Waals surface area contributed by atoms with Gasteiger partial charge in [-0.15, -0.1) is 6.58 Å². The van der Waals surface area contributed by atoms with Crippen LogP contribution in [0.3, 0.4) is 0 Å². The van der Waals surface area contributed by atoms with Crippen molar-refractivity contribution in [3.63, 3.8) is 0 Å². The Morgan fingerprint density at radius 3 is 2.54 bits per heavy atom. The summed E-state index contributed by atoms with van der Waals surface area (Å²) in [5.41, 5.74) is 1.24. The monoisotopic (exact) mass is 434 g/mol. The van der Waals surface area contributed by atoms with E-state index in [1.165, 1.54) is 35.6 Å². The molecule has 0 bridgehead atoms. The third-order valence-corrected chi connectivity index (χ3v) is 7.65. The zero-order valence-corrected chi connectivity index (χ0v) is 17.8. The summed E-state index contributed by atoms with van der Waals surface area (Å²) < 4.78 is 27.2. The molecular weight excluding hydrogens is 416 g/mol. The quantitative estimate of drug-likeness (QED) is 0.556. The smallest absolute Gasteiger partial charge is 0.279 e. The van der Waals surface area contributed by atoms with Gasteiger partial charge in [0.05, 0.1) is 20.4 Å². The summed E-state index contributed by atoms with van der Waals surface area (Å²) in [5.74, 6) is -0.441. The standard InChI is InChI=1S/C20H19ClN2O3S2/c1-4-11-23-17-10-7-15(21)12-18(17)27-20(23)22-19(24)14-5-8-16(9-6-14)28(25,26)13(2)3/h4-10,12-13H,1,11H2,2-3H3. The fourth-order valence-corrected chi connectivity index (χ4v) is 5.02. The van der Waals surface area contributed by atoms with Crippen molar-refractivity contribution >= 4 is 48.9 Å². The van der Waals surface area contributed by atoms with E-state index in [0.29, 0.717) is 21.9 Å². The lowest BCUT2D eigenvalue weighted by Gasteiger charge is -2.07. The van der Waals surface area contributed by atoms with Crippen LogP contribution in [0.1, 0.15) is 24.2 Å². The number of thiazole rings is 1. The van der Waals surface area contributed by atoms with E-state index in [9.17, 15) is 13.2 Å². The first-order valence-corrected chi connectivity index (χ1v) is 11.3. The Morgan fingerprint density at radius 2 is 1.93 bits per heavy atom. The Kier molecular flexibility index (Phi) is 5.88. The number of halogens is 1. The molecule has 0 aliphatic carbocycles. The molecule has 5 nitrogen and oxygen atoms in total. The number of rotatable bonds is 5. The average molecular weight is 435 g/mol. The van der Waals surface area contributed by atoms with Gasteiger partial charge in [-0.25, -0.2) is 8.42 Å². The average Bonchev–Trinajstić information content (AvgIpc) is 2.98. The van der Waals surface area contributed by atoms with E-state index in [4.69, 9.17) is 11.6 Å². The number of hydrogen-bond acceptors (Lipinski definition) is 4. The van der Waals surface area contributed by atoms with Gasteiger partial charge in [-0.1, -0.05) is 29.0 Å². The number of fused-ring (bicyclic) bond motifs is 1. The topological polar surface area (TPSA) is 68.5 Å². The van der Waals surface area contributed by atoms with Crippen LogP contribution in [-0.4, -0.2) is 24.1 Å². The normalized spacial score (nSPS) is 12.6.